The molecule has 2 amide bonds. The Bertz CT molecular complexity index is 1900. The standard InChI is InChI=1S/C28H26N6O6S5/c1-17-3-7-19(8-4-17)21-11-41-27(29-21)31-23(35)13-44(37,38)15-25-33-34-26(43-25)16-45(39,40)14-24(36)32-28-30-22(12-42-28)20-9-5-18(2)6-10-20/h3-12H,13-16H2,1-2H3,(H,29,31,35)(H,30,32,36). The highest BCUT2D eigenvalue weighted by molar-refractivity contribution is 7.91. The molecule has 17 heteroatoms. The summed E-state index contributed by atoms with van der Waals surface area (Å²) < 4.78 is 50.7. The molecule has 234 valence electrons. The predicted molar refractivity (Wildman–Crippen MR) is 177 cm³/mol. The molecular weight excluding hydrogens is 677 g/mol. The number of anilines is 2. The van der Waals surface area contributed by atoms with E-state index in [9.17, 15) is 26.4 Å². The van der Waals surface area contributed by atoms with Gasteiger partial charge in [0.1, 0.15) is 33.0 Å². The molecule has 0 saturated carbocycles. The molecule has 2 aromatic carbocycles. The molecule has 0 bridgehead atoms. The van der Waals surface area contributed by atoms with E-state index in [1.807, 2.05) is 62.4 Å². The molecular formula is C28H26N6O6S5. The Labute approximate surface area is 271 Å². The quantitative estimate of drug-likeness (QED) is 0.188. The van der Waals surface area contributed by atoms with Gasteiger partial charge in [0.2, 0.25) is 11.8 Å². The number of rotatable bonds is 12. The fraction of sp³-hybridized carbons (Fsp3) is 0.214. The number of aryl methyl sites for hydroxylation is 2. The molecule has 0 fully saturated rings. The summed E-state index contributed by atoms with van der Waals surface area (Å²) in [4.78, 5) is 33.6. The number of nitrogens with zero attached hydrogens (tertiary/aromatic N) is 4. The average Bonchev–Trinajstić information content (AvgIpc) is 3.70. The van der Waals surface area contributed by atoms with Gasteiger partial charge in [0.25, 0.3) is 0 Å². The summed E-state index contributed by atoms with van der Waals surface area (Å²) >= 11 is 3.14. The van der Waals surface area contributed by atoms with Crippen LogP contribution in [0.3, 0.4) is 0 Å². The van der Waals surface area contributed by atoms with Gasteiger partial charge in [-0.2, -0.15) is 0 Å². The predicted octanol–water partition coefficient (Wildman–Crippen LogP) is 4.51. The number of thiazole rings is 2. The molecule has 3 heterocycles. The summed E-state index contributed by atoms with van der Waals surface area (Å²) in [6.45, 7) is 3.94. The summed E-state index contributed by atoms with van der Waals surface area (Å²) in [5.41, 5.74) is 5.24. The Kier molecular flexibility index (Phi) is 9.83. The molecule has 3 aromatic heterocycles. The summed E-state index contributed by atoms with van der Waals surface area (Å²) in [5.74, 6) is -4.35. The normalized spacial score (nSPS) is 11.8. The van der Waals surface area contributed by atoms with E-state index in [1.165, 1.54) is 22.7 Å². The second-order valence-corrected chi connectivity index (χ2v) is 17.1. The highest BCUT2D eigenvalue weighted by atomic mass is 32.2. The second kappa shape index (κ2) is 13.6. The number of aromatic nitrogens is 4. The number of nitrogens with one attached hydrogen (secondary N) is 2. The van der Waals surface area contributed by atoms with E-state index in [0.29, 0.717) is 11.4 Å². The Morgan fingerprint density at radius 3 is 1.40 bits per heavy atom. The van der Waals surface area contributed by atoms with E-state index in [4.69, 9.17) is 0 Å². The molecule has 45 heavy (non-hydrogen) atoms. The van der Waals surface area contributed by atoms with E-state index in [0.717, 1.165) is 33.6 Å². The third-order valence-corrected chi connectivity index (χ3v) is 11.7. The van der Waals surface area contributed by atoms with Gasteiger partial charge < -0.3 is 10.6 Å². The van der Waals surface area contributed by atoms with Gasteiger partial charge in [0.15, 0.2) is 29.9 Å². The molecule has 0 aliphatic carbocycles. The molecule has 0 aliphatic rings. The van der Waals surface area contributed by atoms with Gasteiger partial charge in [0.05, 0.1) is 11.4 Å². The van der Waals surface area contributed by atoms with E-state index in [-0.39, 0.29) is 20.3 Å². The van der Waals surface area contributed by atoms with Crippen LogP contribution in [-0.4, -0.2) is 60.3 Å². The van der Waals surface area contributed by atoms with E-state index in [1.54, 1.807) is 10.8 Å². The molecule has 0 unspecified atom stereocenters. The SMILES string of the molecule is Cc1ccc(-c2csc(NC(=O)CS(=O)(=O)Cc3nnc(CS(=O)(=O)CC(=O)Nc4nc(-c5ccc(C)cc5)cs4)s3)n2)cc1. The topological polar surface area (TPSA) is 178 Å². The Morgan fingerprint density at radius 2 is 1.02 bits per heavy atom. The van der Waals surface area contributed by atoms with Crippen molar-refractivity contribution < 1.29 is 26.4 Å². The number of carbonyl (C=O) groups excluding carboxylic acids is 2. The van der Waals surface area contributed by atoms with Crippen LogP contribution in [0, 0.1) is 13.8 Å². The van der Waals surface area contributed by atoms with Crippen LogP contribution in [-0.2, 0) is 40.8 Å². The summed E-state index contributed by atoms with van der Waals surface area (Å²) in [7, 11) is -7.91. The molecule has 0 spiro atoms. The summed E-state index contributed by atoms with van der Waals surface area (Å²) in [5, 5.41) is 16.7. The number of hydrogen-bond donors (Lipinski definition) is 2. The number of amides is 2. The molecule has 12 nitrogen and oxygen atoms in total. The minimum Gasteiger partial charge on any atom is -0.301 e. The molecule has 5 aromatic rings. The van der Waals surface area contributed by atoms with Crippen molar-refractivity contribution >= 4 is 75.8 Å². The molecule has 0 aliphatic heterocycles. The second-order valence-electron chi connectivity index (χ2n) is 10.1. The number of sulfone groups is 2. The highest BCUT2D eigenvalue weighted by Gasteiger charge is 2.24. The number of carbonyl (C=O) groups is 2. The maximum Gasteiger partial charge on any atom is 0.241 e. The van der Waals surface area contributed by atoms with Crippen molar-refractivity contribution in [3.05, 3.63) is 80.4 Å². The van der Waals surface area contributed by atoms with Crippen LogP contribution in [0.15, 0.2) is 59.3 Å². The molecule has 0 atom stereocenters. The fourth-order valence-corrected chi connectivity index (χ4v) is 9.44. The van der Waals surface area contributed by atoms with Crippen LogP contribution in [0.25, 0.3) is 22.5 Å². The van der Waals surface area contributed by atoms with Crippen LogP contribution in [0.4, 0.5) is 10.3 Å². The lowest BCUT2D eigenvalue weighted by Gasteiger charge is -2.03. The molecule has 5 rings (SSSR count). The zero-order chi connectivity index (χ0) is 32.2. The maximum atomic E-state index is 12.7. The monoisotopic (exact) mass is 702 g/mol. The zero-order valence-corrected chi connectivity index (χ0v) is 28.0. The lowest BCUT2D eigenvalue weighted by Crippen LogP contribution is -2.24. The smallest absolute Gasteiger partial charge is 0.241 e. The zero-order valence-electron chi connectivity index (χ0n) is 23.9. The summed E-state index contributed by atoms with van der Waals surface area (Å²) in [6.07, 6.45) is 0. The molecule has 0 radical (unpaired) electrons. The lowest BCUT2D eigenvalue weighted by molar-refractivity contribution is -0.114. The van der Waals surface area contributed by atoms with Crippen LogP contribution in [0.1, 0.15) is 21.1 Å². The molecule has 2 N–H and O–H groups in total. The first-order valence-electron chi connectivity index (χ1n) is 13.2. The van der Waals surface area contributed by atoms with E-state index < -0.39 is 54.5 Å². The third-order valence-electron chi connectivity index (χ3n) is 6.09. The minimum absolute atomic E-state index is 0.0276. The van der Waals surface area contributed by atoms with E-state index in [2.05, 4.69) is 30.8 Å². The van der Waals surface area contributed by atoms with Crippen molar-refractivity contribution in [3.8, 4) is 22.5 Å². The summed E-state index contributed by atoms with van der Waals surface area (Å²) in [6, 6.07) is 15.4. The van der Waals surface area contributed by atoms with Gasteiger partial charge in [0, 0.05) is 21.9 Å². The van der Waals surface area contributed by atoms with E-state index >= 15 is 0 Å². The van der Waals surface area contributed by atoms with Crippen molar-refractivity contribution in [1.29, 1.82) is 0 Å². The van der Waals surface area contributed by atoms with Gasteiger partial charge in [-0.15, -0.1) is 32.9 Å². The minimum atomic E-state index is -3.96. The first-order chi connectivity index (χ1) is 21.3. The van der Waals surface area contributed by atoms with Crippen molar-refractivity contribution in [3.63, 3.8) is 0 Å². The van der Waals surface area contributed by atoms with Crippen LogP contribution in [0.5, 0.6) is 0 Å². The van der Waals surface area contributed by atoms with Gasteiger partial charge in [-0.1, -0.05) is 71.0 Å². The Morgan fingerprint density at radius 1 is 0.644 bits per heavy atom. The Hall–Kier alpha value is -3.90. The van der Waals surface area contributed by atoms with Crippen LogP contribution in [0.2, 0.25) is 0 Å². The first-order valence-corrected chi connectivity index (χ1v) is 19.4. The van der Waals surface area contributed by atoms with Crippen LogP contribution < -0.4 is 10.6 Å². The fourth-order valence-electron chi connectivity index (χ4n) is 3.97. The van der Waals surface area contributed by atoms with Gasteiger partial charge >= 0.3 is 0 Å². The van der Waals surface area contributed by atoms with Gasteiger partial charge in [-0.3, -0.25) is 9.59 Å². The third kappa shape index (κ3) is 9.30. The first kappa shape index (κ1) is 32.5. The largest absolute Gasteiger partial charge is 0.301 e. The van der Waals surface area contributed by atoms with Gasteiger partial charge in [-0.05, 0) is 13.8 Å². The van der Waals surface area contributed by atoms with Crippen molar-refractivity contribution in [2.24, 2.45) is 0 Å². The Balaban J connectivity index is 1.11. The number of benzene rings is 2. The van der Waals surface area contributed by atoms with Crippen molar-refractivity contribution in [2.75, 3.05) is 22.1 Å². The lowest BCUT2D eigenvalue weighted by atomic mass is 10.1. The maximum absolute atomic E-state index is 12.7. The number of hydrogen-bond acceptors (Lipinski definition) is 13. The highest BCUT2D eigenvalue weighted by Crippen LogP contribution is 2.26. The van der Waals surface area contributed by atoms with Gasteiger partial charge in [-0.25, -0.2) is 26.8 Å². The van der Waals surface area contributed by atoms with Crippen LogP contribution >= 0.6 is 34.0 Å². The van der Waals surface area contributed by atoms with Crippen molar-refractivity contribution in [2.45, 2.75) is 25.4 Å². The average molecular weight is 703 g/mol. The van der Waals surface area contributed by atoms with Crippen molar-refractivity contribution in [1.82, 2.24) is 20.2 Å². The molecule has 0 saturated heterocycles.